The molecule has 1 aliphatic rings. The van der Waals surface area contributed by atoms with Crippen LogP contribution in [-0.2, 0) is 12.0 Å². The Balaban J connectivity index is 1.85. The minimum atomic E-state index is -0.396. The summed E-state index contributed by atoms with van der Waals surface area (Å²) in [5.74, 6) is 0.703. The van der Waals surface area contributed by atoms with Gasteiger partial charge in [0, 0.05) is 40.6 Å². The lowest BCUT2D eigenvalue weighted by atomic mass is 9.71. The van der Waals surface area contributed by atoms with Crippen molar-refractivity contribution >= 4 is 16.7 Å². The molecule has 0 unspecified atom stereocenters. The van der Waals surface area contributed by atoms with E-state index >= 15 is 0 Å². The summed E-state index contributed by atoms with van der Waals surface area (Å²) in [6, 6.07) is 11.2. The fourth-order valence-electron chi connectivity index (χ4n) is 3.90. The molecule has 0 spiro atoms. The number of benzene rings is 2. The third kappa shape index (κ3) is 2.74. The molecular weight excluding hydrogens is 342 g/mol. The van der Waals surface area contributed by atoms with Crippen molar-refractivity contribution in [1.29, 1.82) is 0 Å². The Morgan fingerprint density at radius 2 is 1.93 bits per heavy atom. The standard InChI is InChI=1S/C22H23NO4/c1-22(2)17-11-14(27-9-3-8-24)5-7-15(17)20(26)19-16-6-4-13(12-25)10-18(16)23-21(19)22/h4-7,10-11,23-25H,3,8-9,12H2,1-2H3. The average molecular weight is 365 g/mol. The van der Waals surface area contributed by atoms with Crippen molar-refractivity contribution in [1.82, 2.24) is 4.98 Å². The Morgan fingerprint density at radius 3 is 2.67 bits per heavy atom. The van der Waals surface area contributed by atoms with Gasteiger partial charge in [0.25, 0.3) is 0 Å². The van der Waals surface area contributed by atoms with Crippen LogP contribution >= 0.6 is 0 Å². The molecule has 0 amide bonds. The summed E-state index contributed by atoms with van der Waals surface area (Å²) in [4.78, 5) is 16.7. The van der Waals surface area contributed by atoms with Crippen molar-refractivity contribution in [2.24, 2.45) is 0 Å². The summed E-state index contributed by atoms with van der Waals surface area (Å²) in [6.45, 7) is 4.67. The molecule has 5 heteroatoms. The molecule has 1 aromatic heterocycles. The SMILES string of the molecule is CC1(C)c2cc(OCCCO)ccc2C(=O)c2c1[nH]c1cc(CO)ccc21. The fraction of sp³-hybridized carbons (Fsp3) is 0.318. The van der Waals surface area contributed by atoms with E-state index in [0.717, 1.165) is 27.7 Å². The summed E-state index contributed by atoms with van der Waals surface area (Å²) in [5.41, 5.74) is 4.49. The van der Waals surface area contributed by atoms with Gasteiger partial charge in [0.1, 0.15) is 5.75 Å². The number of hydrogen-bond acceptors (Lipinski definition) is 4. The highest BCUT2D eigenvalue weighted by Gasteiger charge is 2.39. The van der Waals surface area contributed by atoms with E-state index in [0.29, 0.717) is 29.9 Å². The number of fused-ring (bicyclic) bond motifs is 4. The third-order valence-electron chi connectivity index (χ3n) is 5.38. The number of H-pyrrole nitrogens is 1. The van der Waals surface area contributed by atoms with Crippen molar-refractivity contribution < 1.29 is 19.7 Å². The first kappa shape index (κ1) is 17.8. The van der Waals surface area contributed by atoms with Crippen LogP contribution in [0.1, 0.15) is 53.0 Å². The highest BCUT2D eigenvalue weighted by atomic mass is 16.5. The molecular formula is C22H23NO4. The summed E-state index contributed by atoms with van der Waals surface area (Å²) >= 11 is 0. The van der Waals surface area contributed by atoms with Gasteiger partial charge in [0.2, 0.25) is 0 Å². The molecule has 140 valence electrons. The van der Waals surface area contributed by atoms with Gasteiger partial charge >= 0.3 is 0 Å². The fourth-order valence-corrected chi connectivity index (χ4v) is 3.90. The first-order chi connectivity index (χ1) is 13.0. The number of aromatic nitrogens is 1. The Kier molecular flexibility index (Phi) is 4.29. The number of hydrogen-bond donors (Lipinski definition) is 3. The van der Waals surface area contributed by atoms with E-state index in [1.54, 1.807) is 0 Å². The predicted octanol–water partition coefficient (Wildman–Crippen LogP) is 3.29. The number of aliphatic hydroxyl groups is 2. The van der Waals surface area contributed by atoms with Crippen LogP contribution in [0.5, 0.6) is 5.75 Å². The van der Waals surface area contributed by atoms with Crippen molar-refractivity contribution in [3.63, 3.8) is 0 Å². The van der Waals surface area contributed by atoms with Crippen LogP contribution in [0.3, 0.4) is 0 Å². The number of nitrogens with one attached hydrogen (secondary N) is 1. The molecule has 1 aliphatic carbocycles. The Bertz CT molecular complexity index is 1030. The second kappa shape index (κ2) is 6.51. The summed E-state index contributed by atoms with van der Waals surface area (Å²) in [7, 11) is 0. The van der Waals surface area contributed by atoms with Gasteiger partial charge in [-0.3, -0.25) is 4.79 Å². The average Bonchev–Trinajstić information content (AvgIpc) is 3.06. The van der Waals surface area contributed by atoms with Gasteiger partial charge in [0.05, 0.1) is 18.8 Å². The Hall–Kier alpha value is -2.63. The van der Waals surface area contributed by atoms with Crippen LogP contribution in [0.4, 0.5) is 0 Å². The van der Waals surface area contributed by atoms with Gasteiger partial charge in [-0.05, 0) is 35.4 Å². The van der Waals surface area contributed by atoms with Crippen molar-refractivity contribution in [2.45, 2.75) is 32.3 Å². The molecule has 0 radical (unpaired) electrons. The van der Waals surface area contributed by atoms with E-state index in [4.69, 9.17) is 9.84 Å². The quantitative estimate of drug-likeness (QED) is 0.606. The number of carbonyl (C=O) groups excluding carboxylic acids is 1. The largest absolute Gasteiger partial charge is 0.493 e. The lowest BCUT2D eigenvalue weighted by molar-refractivity contribution is 0.103. The van der Waals surface area contributed by atoms with Crippen LogP contribution < -0.4 is 4.74 Å². The number of rotatable bonds is 5. The van der Waals surface area contributed by atoms with Gasteiger partial charge in [-0.25, -0.2) is 0 Å². The van der Waals surface area contributed by atoms with E-state index < -0.39 is 5.41 Å². The smallest absolute Gasteiger partial charge is 0.195 e. The molecule has 27 heavy (non-hydrogen) atoms. The zero-order chi connectivity index (χ0) is 19.2. The maximum absolute atomic E-state index is 13.3. The molecule has 3 aromatic rings. The number of ether oxygens (including phenoxy) is 1. The zero-order valence-electron chi connectivity index (χ0n) is 15.5. The lowest BCUT2D eigenvalue weighted by Crippen LogP contribution is -2.30. The van der Waals surface area contributed by atoms with Crippen LogP contribution in [0, 0.1) is 0 Å². The minimum Gasteiger partial charge on any atom is -0.493 e. The summed E-state index contributed by atoms with van der Waals surface area (Å²) in [6.07, 6.45) is 0.568. The number of aromatic amines is 1. The molecule has 0 bridgehead atoms. The molecule has 0 saturated heterocycles. The molecule has 5 nitrogen and oxygen atoms in total. The van der Waals surface area contributed by atoms with Crippen LogP contribution in [0.15, 0.2) is 36.4 Å². The first-order valence-corrected chi connectivity index (χ1v) is 9.16. The number of aliphatic hydroxyl groups excluding tert-OH is 2. The molecule has 2 aromatic carbocycles. The molecule has 0 saturated carbocycles. The van der Waals surface area contributed by atoms with E-state index in [1.165, 1.54) is 0 Å². The van der Waals surface area contributed by atoms with Gasteiger partial charge in [-0.15, -0.1) is 0 Å². The first-order valence-electron chi connectivity index (χ1n) is 9.16. The van der Waals surface area contributed by atoms with E-state index in [-0.39, 0.29) is 19.0 Å². The van der Waals surface area contributed by atoms with Crippen LogP contribution in [0.25, 0.3) is 10.9 Å². The van der Waals surface area contributed by atoms with E-state index in [9.17, 15) is 9.90 Å². The Labute approximate surface area is 157 Å². The van der Waals surface area contributed by atoms with Crippen LogP contribution in [-0.4, -0.2) is 34.2 Å². The second-order valence-corrected chi connectivity index (χ2v) is 7.50. The monoisotopic (exact) mass is 365 g/mol. The van der Waals surface area contributed by atoms with E-state index in [1.807, 2.05) is 36.4 Å². The predicted molar refractivity (Wildman–Crippen MR) is 103 cm³/mol. The third-order valence-corrected chi connectivity index (χ3v) is 5.38. The molecule has 4 rings (SSSR count). The summed E-state index contributed by atoms with van der Waals surface area (Å²) < 4.78 is 5.71. The highest BCUT2D eigenvalue weighted by molar-refractivity contribution is 6.20. The highest BCUT2D eigenvalue weighted by Crippen LogP contribution is 2.44. The summed E-state index contributed by atoms with van der Waals surface area (Å²) in [5, 5.41) is 19.2. The second-order valence-electron chi connectivity index (χ2n) is 7.50. The maximum Gasteiger partial charge on any atom is 0.195 e. The lowest BCUT2D eigenvalue weighted by Gasteiger charge is -2.32. The van der Waals surface area contributed by atoms with Gasteiger partial charge < -0.3 is 19.9 Å². The van der Waals surface area contributed by atoms with Crippen molar-refractivity contribution in [3.8, 4) is 5.75 Å². The number of ketones is 1. The molecule has 0 aliphatic heterocycles. The molecule has 3 N–H and O–H groups in total. The van der Waals surface area contributed by atoms with Gasteiger partial charge in [-0.2, -0.15) is 0 Å². The van der Waals surface area contributed by atoms with E-state index in [2.05, 4.69) is 18.8 Å². The maximum atomic E-state index is 13.3. The molecule has 1 heterocycles. The molecule has 0 fully saturated rings. The van der Waals surface area contributed by atoms with Gasteiger partial charge in [-0.1, -0.05) is 26.0 Å². The Morgan fingerprint density at radius 1 is 1.11 bits per heavy atom. The molecule has 0 atom stereocenters. The zero-order valence-corrected chi connectivity index (χ0v) is 15.5. The van der Waals surface area contributed by atoms with Crippen molar-refractivity contribution in [3.05, 3.63) is 64.3 Å². The minimum absolute atomic E-state index is 0.00392. The topological polar surface area (TPSA) is 82.5 Å². The van der Waals surface area contributed by atoms with Gasteiger partial charge in [0.15, 0.2) is 5.78 Å². The normalized spacial score (nSPS) is 14.9. The van der Waals surface area contributed by atoms with Crippen LogP contribution in [0.2, 0.25) is 0 Å². The number of carbonyl (C=O) groups is 1. The van der Waals surface area contributed by atoms with Crippen molar-refractivity contribution in [2.75, 3.05) is 13.2 Å².